The lowest BCUT2D eigenvalue weighted by molar-refractivity contribution is -0.210. The average Bonchev–Trinajstić information content (AvgIpc) is 2.72. The molecule has 2 aliphatic rings. The number of carboxylic acid groups (broad SMARTS) is 1. The zero-order valence-electron chi connectivity index (χ0n) is 17.9. The molecule has 2 saturated carbocycles. The van der Waals surface area contributed by atoms with Crippen LogP contribution in [-0.2, 0) is 9.59 Å². The third-order valence-corrected chi connectivity index (χ3v) is 7.01. The van der Waals surface area contributed by atoms with Crippen LogP contribution < -0.4 is 9.64 Å². The molecule has 0 radical (unpaired) electrons. The first-order chi connectivity index (χ1) is 15.4. The van der Waals surface area contributed by atoms with E-state index in [1.54, 1.807) is 0 Å². The smallest absolute Gasteiger partial charge is 0.392 e. The summed E-state index contributed by atoms with van der Waals surface area (Å²) < 4.78 is 58.7. The lowest BCUT2D eigenvalue weighted by Gasteiger charge is -2.44. The maximum absolute atomic E-state index is 15.2. The van der Waals surface area contributed by atoms with Crippen molar-refractivity contribution in [1.82, 2.24) is 0 Å². The summed E-state index contributed by atoms with van der Waals surface area (Å²) in [5, 5.41) is 9.92. The Labute approximate surface area is 194 Å². The zero-order chi connectivity index (χ0) is 24.6. The van der Waals surface area contributed by atoms with Crippen molar-refractivity contribution in [3.05, 3.63) is 23.0 Å². The van der Waals surface area contributed by atoms with Gasteiger partial charge in [0.25, 0.3) is 0 Å². The van der Waals surface area contributed by atoms with Crippen LogP contribution >= 0.6 is 11.6 Å². The Morgan fingerprint density at radius 3 is 2.30 bits per heavy atom. The first-order valence-corrected chi connectivity index (χ1v) is 11.0. The number of carboxylic acids is 1. The molecule has 1 unspecified atom stereocenters. The van der Waals surface area contributed by atoms with Crippen LogP contribution in [0.15, 0.2) is 12.1 Å². The molecule has 0 saturated heterocycles. The third-order valence-electron chi connectivity index (χ3n) is 6.72. The van der Waals surface area contributed by atoms with E-state index in [0.717, 1.165) is 36.3 Å². The molecule has 0 bridgehead atoms. The summed E-state index contributed by atoms with van der Waals surface area (Å²) in [7, 11) is 0. The largest absolute Gasteiger partial charge is 0.489 e. The van der Waals surface area contributed by atoms with Crippen LogP contribution in [0.4, 0.5) is 23.2 Å². The van der Waals surface area contributed by atoms with E-state index < -0.39 is 53.0 Å². The van der Waals surface area contributed by atoms with Gasteiger partial charge in [0.05, 0.1) is 22.7 Å². The second-order valence-corrected chi connectivity index (χ2v) is 9.16. The number of halogens is 5. The molecule has 33 heavy (non-hydrogen) atoms. The van der Waals surface area contributed by atoms with Crippen molar-refractivity contribution in [2.45, 2.75) is 69.7 Å². The Hall–Kier alpha value is -2.47. The van der Waals surface area contributed by atoms with Gasteiger partial charge in [-0.15, -0.1) is 6.42 Å². The van der Waals surface area contributed by atoms with Gasteiger partial charge in [0.2, 0.25) is 0 Å². The zero-order valence-corrected chi connectivity index (χ0v) is 18.7. The lowest BCUT2D eigenvalue weighted by atomic mass is 9.74. The highest BCUT2D eigenvalue weighted by Gasteiger charge is 2.51. The Morgan fingerprint density at radius 2 is 1.79 bits per heavy atom. The predicted octanol–water partition coefficient (Wildman–Crippen LogP) is 5.59. The van der Waals surface area contributed by atoms with E-state index in [0.29, 0.717) is 12.8 Å². The number of hydrogen-bond acceptors (Lipinski definition) is 3. The number of ether oxygens (including phenoxy) is 1. The van der Waals surface area contributed by atoms with Gasteiger partial charge >= 0.3 is 18.1 Å². The van der Waals surface area contributed by atoms with Crippen LogP contribution in [0.25, 0.3) is 0 Å². The first-order valence-electron chi connectivity index (χ1n) is 10.7. The van der Waals surface area contributed by atoms with E-state index in [4.69, 9.17) is 22.8 Å². The number of rotatable bonds is 6. The fourth-order valence-electron chi connectivity index (χ4n) is 4.64. The number of carbonyl (C=O) groups excluding carboxylic acids is 1. The van der Waals surface area contributed by atoms with Gasteiger partial charge in [-0.25, -0.2) is 9.18 Å². The minimum atomic E-state index is -4.32. The van der Waals surface area contributed by atoms with Crippen LogP contribution in [0.1, 0.15) is 51.9 Å². The van der Waals surface area contributed by atoms with E-state index in [9.17, 15) is 27.9 Å². The summed E-state index contributed by atoms with van der Waals surface area (Å²) in [6.07, 6.45) is 3.14. The second kappa shape index (κ2) is 9.41. The lowest BCUT2D eigenvalue weighted by Crippen LogP contribution is -2.60. The number of alkyl halides is 3. The molecule has 1 aromatic rings. The van der Waals surface area contributed by atoms with Gasteiger partial charge in [0.15, 0.2) is 5.82 Å². The number of aliphatic carboxylic acids is 1. The monoisotopic (exact) mass is 489 g/mol. The summed E-state index contributed by atoms with van der Waals surface area (Å²) in [5.41, 5.74) is -2.25. The van der Waals surface area contributed by atoms with Crippen LogP contribution in [0, 0.1) is 30.0 Å². The molecule has 2 fully saturated rings. The quantitative estimate of drug-likeness (QED) is 0.418. The topological polar surface area (TPSA) is 66.8 Å². The van der Waals surface area contributed by atoms with Crippen LogP contribution in [0.3, 0.4) is 0 Å². The molecule has 0 aromatic heterocycles. The molecule has 1 aromatic carbocycles. The highest BCUT2D eigenvalue weighted by atomic mass is 35.5. The fraction of sp³-hybridized carbons (Fsp3) is 0.565. The van der Waals surface area contributed by atoms with Crippen molar-refractivity contribution in [1.29, 1.82) is 0 Å². The summed E-state index contributed by atoms with van der Waals surface area (Å²) in [5.74, 6) is -3.66. The number of anilines is 1. The average molecular weight is 490 g/mol. The van der Waals surface area contributed by atoms with Crippen molar-refractivity contribution in [2.24, 2.45) is 11.8 Å². The molecule has 10 heteroatoms. The molecule has 0 heterocycles. The van der Waals surface area contributed by atoms with Crippen molar-refractivity contribution in [3.63, 3.8) is 0 Å². The van der Waals surface area contributed by atoms with Crippen LogP contribution in [-0.4, -0.2) is 34.8 Å². The number of amides is 1. The standard InChI is InChI=1S/C23H24ClF4NO4/c1-3-20(30)29(22(2,21(31)32)13-7-5-4-6-8-13)18-11-16(24)19(12-17(18)25)33-15-9-14(10-15)23(26,27)28/h1,11-15H,4-10H2,2H3,(H,31,32). The SMILES string of the molecule is C#CC(=O)N(c1cc(Cl)c(OC2CC(C(F)(F)F)C2)cc1F)C(C)(C(=O)O)C1CCCCC1. The maximum Gasteiger partial charge on any atom is 0.392 e. The molecule has 180 valence electrons. The van der Waals surface area contributed by atoms with Crippen LogP contribution in [0.2, 0.25) is 5.02 Å². The Balaban J connectivity index is 1.94. The van der Waals surface area contributed by atoms with E-state index in [1.165, 1.54) is 6.92 Å². The molecule has 3 rings (SSSR count). The molecule has 1 N–H and O–H groups in total. The van der Waals surface area contributed by atoms with Crippen molar-refractivity contribution < 1.29 is 37.0 Å². The minimum Gasteiger partial charge on any atom is -0.489 e. The van der Waals surface area contributed by atoms with Gasteiger partial charge in [0, 0.05) is 6.07 Å². The Bertz CT molecular complexity index is 964. The molecular formula is C23H24ClF4NO4. The summed E-state index contributed by atoms with van der Waals surface area (Å²) >= 11 is 6.21. The van der Waals surface area contributed by atoms with E-state index >= 15 is 4.39 Å². The van der Waals surface area contributed by atoms with Gasteiger partial charge in [-0.1, -0.05) is 30.9 Å². The van der Waals surface area contributed by atoms with E-state index in [-0.39, 0.29) is 23.6 Å². The number of carbonyl (C=O) groups is 2. The molecule has 2 aliphatic carbocycles. The van der Waals surface area contributed by atoms with Gasteiger partial charge < -0.3 is 9.84 Å². The normalized spacial score (nSPS) is 23.1. The maximum atomic E-state index is 15.2. The van der Waals surface area contributed by atoms with Gasteiger partial charge in [-0.2, -0.15) is 13.2 Å². The third kappa shape index (κ3) is 4.91. The fourth-order valence-corrected chi connectivity index (χ4v) is 4.84. The van der Waals surface area contributed by atoms with Crippen molar-refractivity contribution in [2.75, 3.05) is 4.90 Å². The number of nitrogens with zero attached hydrogens (tertiary/aromatic N) is 1. The predicted molar refractivity (Wildman–Crippen MR) is 114 cm³/mol. The number of terminal acetylenes is 1. The summed E-state index contributed by atoms with van der Waals surface area (Å²) in [4.78, 5) is 25.8. The Morgan fingerprint density at radius 1 is 1.18 bits per heavy atom. The Kier molecular flexibility index (Phi) is 7.18. The number of benzene rings is 1. The summed E-state index contributed by atoms with van der Waals surface area (Å²) in [6, 6.07) is 1.88. The molecule has 5 nitrogen and oxygen atoms in total. The molecule has 1 atom stereocenters. The second-order valence-electron chi connectivity index (χ2n) is 8.76. The molecule has 0 spiro atoms. The van der Waals surface area contributed by atoms with Gasteiger partial charge in [-0.3, -0.25) is 9.69 Å². The van der Waals surface area contributed by atoms with Crippen molar-refractivity contribution in [3.8, 4) is 18.1 Å². The summed E-state index contributed by atoms with van der Waals surface area (Å²) in [6.45, 7) is 1.34. The van der Waals surface area contributed by atoms with Crippen LogP contribution in [0.5, 0.6) is 5.75 Å². The highest BCUT2D eigenvalue weighted by molar-refractivity contribution is 6.32. The van der Waals surface area contributed by atoms with Crippen molar-refractivity contribution >= 4 is 29.2 Å². The highest BCUT2D eigenvalue weighted by Crippen LogP contribution is 2.45. The molecule has 1 amide bonds. The molecule has 0 aliphatic heterocycles. The van der Waals surface area contributed by atoms with Gasteiger partial charge in [-0.05, 0) is 50.5 Å². The first kappa shape index (κ1) is 25.2. The number of hydrogen-bond donors (Lipinski definition) is 1. The minimum absolute atomic E-state index is 0.173. The van der Waals surface area contributed by atoms with Gasteiger partial charge in [0.1, 0.15) is 11.3 Å². The molecular weight excluding hydrogens is 466 g/mol. The van der Waals surface area contributed by atoms with E-state index in [1.807, 2.05) is 5.92 Å². The van der Waals surface area contributed by atoms with E-state index in [2.05, 4.69) is 0 Å².